The second kappa shape index (κ2) is 3.42. The molecular weight excluding hydrogens is 285 g/mol. The highest BCUT2D eigenvalue weighted by Gasteiger charge is 2.33. The Kier molecular flexibility index (Phi) is 3.36. The van der Waals surface area contributed by atoms with Gasteiger partial charge in [0.25, 0.3) is 0 Å². The summed E-state index contributed by atoms with van der Waals surface area (Å²) in [5.41, 5.74) is 0. The third-order valence-corrected chi connectivity index (χ3v) is 4.64. The molecule has 0 N–H and O–H groups in total. The molecule has 0 radical (unpaired) electrons. The predicted molar refractivity (Wildman–Crippen MR) is 58.3 cm³/mol. The van der Waals surface area contributed by atoms with Crippen molar-refractivity contribution in [1.29, 1.82) is 0 Å². The summed E-state index contributed by atoms with van der Waals surface area (Å²) in [5, 5.41) is 0. The van der Waals surface area contributed by atoms with Gasteiger partial charge in [-0.2, -0.15) is 0 Å². The Morgan fingerprint density at radius 1 is 1.56 bits per heavy atom. The van der Waals surface area contributed by atoms with Crippen LogP contribution in [0.3, 0.4) is 0 Å². The Morgan fingerprint density at radius 3 is 2.44 bits per heavy atom. The molecule has 0 bridgehead atoms. The smallest absolute Gasteiger partial charge is 0.118 e. The van der Waals surface area contributed by atoms with Crippen LogP contribution in [0.2, 0.25) is 0 Å². The van der Waals surface area contributed by atoms with Gasteiger partial charge >= 0.3 is 0 Å². The maximum Gasteiger partial charge on any atom is 0.118 e. The number of halogens is 1. The summed E-state index contributed by atoms with van der Waals surface area (Å²) in [6.45, 7) is 1.11. The van der Waals surface area contributed by atoms with Gasteiger partial charge in [0.05, 0.1) is 0 Å². The maximum absolute atomic E-state index is 4.39. The Hall–Kier alpha value is 1.74. The summed E-state index contributed by atoms with van der Waals surface area (Å²) < 4.78 is 2.02. The Bertz CT molecular complexity index is 108. The van der Waals surface area contributed by atoms with Gasteiger partial charge in [0.2, 0.25) is 0 Å². The van der Waals surface area contributed by atoms with Crippen LogP contribution in [0.4, 0.5) is 0 Å². The van der Waals surface area contributed by atoms with Crippen molar-refractivity contribution in [2.24, 2.45) is 0 Å². The van der Waals surface area contributed by atoms with Gasteiger partial charge in [-0.1, -0.05) is 0 Å². The minimum Gasteiger partial charge on any atom is -0.217 e. The van der Waals surface area contributed by atoms with Crippen molar-refractivity contribution in [3.8, 4) is 0 Å². The van der Waals surface area contributed by atoms with Crippen molar-refractivity contribution in [2.75, 3.05) is 6.54 Å². The van der Waals surface area contributed by atoms with Crippen LogP contribution >= 0.6 is 55.6 Å². The Balaban J connectivity index is 2.52. The molecule has 0 atom stereocenters. The van der Waals surface area contributed by atoms with Gasteiger partial charge in [-0.05, 0) is 22.0 Å². The van der Waals surface area contributed by atoms with Crippen LogP contribution in [0.15, 0.2) is 0 Å². The second-order valence-corrected chi connectivity index (χ2v) is 5.64. The van der Waals surface area contributed by atoms with E-state index >= 15 is 0 Å². The van der Waals surface area contributed by atoms with Crippen molar-refractivity contribution in [3.05, 3.63) is 0 Å². The highest BCUT2D eigenvalue weighted by atomic mass is 127. The average molecular weight is 293 g/mol. The standard InChI is InChI=1S/C4H8INS3/c5-9-6-3-1-2-4(6,7)8/h7-8H,1-3H2. The normalized spacial score (nSPS) is 27.0. The zero-order chi connectivity index (χ0) is 6.91. The van der Waals surface area contributed by atoms with Crippen LogP contribution in [0, 0.1) is 0 Å². The van der Waals surface area contributed by atoms with Crippen molar-refractivity contribution in [3.63, 3.8) is 0 Å². The molecule has 0 spiro atoms. The van der Waals surface area contributed by atoms with Crippen LogP contribution in [0.1, 0.15) is 12.8 Å². The third kappa shape index (κ3) is 2.08. The van der Waals surface area contributed by atoms with E-state index < -0.39 is 0 Å². The van der Waals surface area contributed by atoms with Gasteiger partial charge in [0, 0.05) is 27.8 Å². The molecule has 1 nitrogen and oxygen atoms in total. The molecule has 0 aromatic heterocycles. The lowest BCUT2D eigenvalue weighted by atomic mass is 10.4. The van der Waals surface area contributed by atoms with E-state index in [0.717, 1.165) is 13.0 Å². The summed E-state index contributed by atoms with van der Waals surface area (Å²) in [6.07, 6.45) is 2.29. The fourth-order valence-corrected chi connectivity index (χ4v) is 4.55. The Labute approximate surface area is 82.9 Å². The first-order chi connectivity index (χ1) is 4.17. The first-order valence-electron chi connectivity index (χ1n) is 2.68. The molecule has 0 aliphatic carbocycles. The van der Waals surface area contributed by atoms with Gasteiger partial charge in [-0.15, -0.1) is 25.3 Å². The summed E-state index contributed by atoms with van der Waals surface area (Å²) in [7, 11) is 1.69. The molecule has 9 heavy (non-hydrogen) atoms. The molecule has 1 aliphatic rings. The van der Waals surface area contributed by atoms with Crippen molar-refractivity contribution >= 4 is 55.6 Å². The lowest BCUT2D eigenvalue weighted by Crippen LogP contribution is -2.25. The van der Waals surface area contributed by atoms with Crippen LogP contribution < -0.4 is 0 Å². The monoisotopic (exact) mass is 293 g/mol. The van der Waals surface area contributed by atoms with Gasteiger partial charge in [-0.25, -0.2) is 4.31 Å². The molecule has 1 rings (SSSR count). The molecular formula is C4H8INS3. The molecule has 5 heteroatoms. The van der Waals surface area contributed by atoms with Crippen molar-refractivity contribution in [1.82, 2.24) is 4.31 Å². The largest absolute Gasteiger partial charge is 0.217 e. The fraction of sp³-hybridized carbons (Fsp3) is 1.00. The summed E-state index contributed by atoms with van der Waals surface area (Å²) in [4.78, 5) is 0. The van der Waals surface area contributed by atoms with E-state index in [1.807, 2.05) is 0 Å². The zero-order valence-electron chi connectivity index (χ0n) is 4.75. The van der Waals surface area contributed by atoms with E-state index in [4.69, 9.17) is 0 Å². The SMILES string of the molecule is SC1(S)CCCN1SI. The third-order valence-electron chi connectivity index (χ3n) is 1.36. The highest BCUT2D eigenvalue weighted by molar-refractivity contribution is 14.2. The van der Waals surface area contributed by atoms with Crippen LogP contribution in [0.25, 0.3) is 0 Å². The number of rotatable bonds is 1. The van der Waals surface area contributed by atoms with E-state index in [-0.39, 0.29) is 4.20 Å². The summed E-state index contributed by atoms with van der Waals surface area (Å²) in [5.74, 6) is 0. The van der Waals surface area contributed by atoms with E-state index in [1.165, 1.54) is 6.42 Å². The van der Waals surface area contributed by atoms with Gasteiger partial charge in [-0.3, -0.25) is 0 Å². The minimum atomic E-state index is -0.161. The number of hydrogen-bond donors (Lipinski definition) is 2. The average Bonchev–Trinajstić information content (AvgIpc) is 2.08. The Morgan fingerprint density at radius 2 is 2.22 bits per heavy atom. The van der Waals surface area contributed by atoms with Crippen molar-refractivity contribution in [2.45, 2.75) is 17.0 Å². The van der Waals surface area contributed by atoms with E-state index in [1.54, 1.807) is 9.12 Å². The van der Waals surface area contributed by atoms with E-state index in [0.29, 0.717) is 0 Å². The fourth-order valence-electron chi connectivity index (χ4n) is 0.853. The number of nitrogens with zero attached hydrogens (tertiary/aromatic N) is 1. The number of hydrogen-bond acceptors (Lipinski definition) is 4. The molecule has 0 aromatic carbocycles. The van der Waals surface area contributed by atoms with Crippen LogP contribution in [-0.4, -0.2) is 15.1 Å². The highest BCUT2D eigenvalue weighted by Crippen LogP contribution is 2.42. The quantitative estimate of drug-likeness (QED) is 0.331. The number of thiol groups is 2. The minimum absolute atomic E-state index is 0.161. The molecule has 54 valence electrons. The van der Waals surface area contributed by atoms with E-state index in [9.17, 15) is 0 Å². The van der Waals surface area contributed by atoms with Gasteiger partial charge < -0.3 is 0 Å². The molecule has 1 saturated heterocycles. The lowest BCUT2D eigenvalue weighted by molar-refractivity contribution is 0.529. The maximum atomic E-state index is 4.39. The first kappa shape index (κ1) is 8.83. The van der Waals surface area contributed by atoms with Gasteiger partial charge in [0.15, 0.2) is 0 Å². The van der Waals surface area contributed by atoms with Crippen LogP contribution in [0.5, 0.6) is 0 Å². The topological polar surface area (TPSA) is 3.24 Å². The van der Waals surface area contributed by atoms with Gasteiger partial charge in [0.1, 0.15) is 4.20 Å². The molecule has 1 heterocycles. The molecule has 0 aromatic rings. The predicted octanol–water partition coefficient (Wildman–Crippen LogP) is 2.59. The van der Waals surface area contributed by atoms with Crippen LogP contribution in [-0.2, 0) is 0 Å². The molecule has 1 fully saturated rings. The summed E-state index contributed by atoms with van der Waals surface area (Å²) in [6, 6.07) is 0. The van der Waals surface area contributed by atoms with Crippen molar-refractivity contribution < 1.29 is 0 Å². The lowest BCUT2D eigenvalue weighted by Gasteiger charge is -2.25. The molecule has 0 amide bonds. The molecule has 0 saturated carbocycles. The van der Waals surface area contributed by atoms with E-state index in [2.05, 4.69) is 50.8 Å². The second-order valence-electron chi connectivity index (χ2n) is 2.05. The molecule has 0 unspecified atom stereocenters. The zero-order valence-corrected chi connectivity index (χ0v) is 9.51. The molecule has 1 aliphatic heterocycles. The first-order valence-corrected chi connectivity index (χ1v) is 6.89. The summed E-state index contributed by atoms with van der Waals surface area (Å²) >= 11 is 11.0.